The quantitative estimate of drug-likeness (QED) is 0.737. The Hall–Kier alpha value is -2.35. The minimum absolute atomic E-state index is 0.563. The van der Waals surface area contributed by atoms with Crippen molar-refractivity contribution in [2.75, 3.05) is 26.4 Å². The van der Waals surface area contributed by atoms with E-state index < -0.39 is 0 Å². The molecule has 0 spiro atoms. The van der Waals surface area contributed by atoms with Crippen molar-refractivity contribution in [2.24, 2.45) is 0 Å². The van der Waals surface area contributed by atoms with Crippen molar-refractivity contribution in [1.29, 1.82) is 0 Å². The van der Waals surface area contributed by atoms with Crippen molar-refractivity contribution < 1.29 is 0 Å². The lowest BCUT2D eigenvalue weighted by molar-refractivity contribution is 0.464. The molecule has 22 heavy (non-hydrogen) atoms. The Morgan fingerprint density at radius 1 is 1.23 bits per heavy atom. The highest BCUT2D eigenvalue weighted by molar-refractivity contribution is 7.18. The van der Waals surface area contributed by atoms with E-state index in [1.54, 1.807) is 17.5 Å². The van der Waals surface area contributed by atoms with E-state index in [0.717, 1.165) is 33.3 Å². The first-order chi connectivity index (χ1) is 10.7. The summed E-state index contributed by atoms with van der Waals surface area (Å²) in [6, 6.07) is 10.3. The second-order valence-electron chi connectivity index (χ2n) is 5.32. The van der Waals surface area contributed by atoms with Crippen LogP contribution in [0.1, 0.15) is 5.56 Å². The summed E-state index contributed by atoms with van der Waals surface area (Å²) < 4.78 is 1.11. The summed E-state index contributed by atoms with van der Waals surface area (Å²) in [6.07, 6.45) is 1.77. The largest absolute Gasteiger partial charge is 0.383 e. The molecule has 2 heterocycles. The SMILES string of the molecule is CN(C)CC#Cc1cnc(N)c2c(-c3ccccc3)csc12. The summed E-state index contributed by atoms with van der Waals surface area (Å²) in [4.78, 5) is 6.37. The van der Waals surface area contributed by atoms with Crippen LogP contribution in [0.3, 0.4) is 0 Å². The Morgan fingerprint density at radius 3 is 2.73 bits per heavy atom. The van der Waals surface area contributed by atoms with E-state index in [-0.39, 0.29) is 0 Å². The molecule has 0 amide bonds. The molecule has 110 valence electrons. The van der Waals surface area contributed by atoms with Gasteiger partial charge in [0.2, 0.25) is 0 Å². The number of nitrogens with zero attached hydrogens (tertiary/aromatic N) is 2. The van der Waals surface area contributed by atoms with Gasteiger partial charge in [-0.05, 0) is 25.0 Å². The van der Waals surface area contributed by atoms with E-state index in [2.05, 4.69) is 34.3 Å². The first-order valence-corrected chi connectivity index (χ1v) is 7.89. The fourth-order valence-electron chi connectivity index (χ4n) is 2.28. The van der Waals surface area contributed by atoms with Crippen molar-refractivity contribution in [3.05, 3.63) is 47.5 Å². The topological polar surface area (TPSA) is 42.2 Å². The number of thiophene rings is 1. The van der Waals surface area contributed by atoms with Crippen molar-refractivity contribution >= 4 is 27.2 Å². The lowest BCUT2D eigenvalue weighted by atomic mass is 10.0. The van der Waals surface area contributed by atoms with Gasteiger partial charge in [0.05, 0.1) is 16.8 Å². The highest BCUT2D eigenvalue weighted by Gasteiger charge is 2.12. The minimum Gasteiger partial charge on any atom is -0.383 e. The number of hydrogen-bond donors (Lipinski definition) is 1. The van der Waals surface area contributed by atoms with E-state index in [9.17, 15) is 0 Å². The lowest BCUT2D eigenvalue weighted by Gasteiger charge is -2.03. The van der Waals surface area contributed by atoms with Gasteiger partial charge in [-0.25, -0.2) is 4.98 Å². The molecule has 0 atom stereocenters. The van der Waals surface area contributed by atoms with Crippen LogP contribution in [0.2, 0.25) is 0 Å². The molecule has 3 rings (SSSR count). The van der Waals surface area contributed by atoms with Gasteiger partial charge in [-0.3, -0.25) is 4.90 Å². The number of pyridine rings is 1. The Kier molecular flexibility index (Phi) is 4.10. The molecule has 0 saturated heterocycles. The molecule has 0 aliphatic carbocycles. The highest BCUT2D eigenvalue weighted by atomic mass is 32.1. The van der Waals surface area contributed by atoms with Gasteiger partial charge in [0, 0.05) is 17.1 Å². The third-order valence-electron chi connectivity index (χ3n) is 3.33. The van der Waals surface area contributed by atoms with Gasteiger partial charge in [-0.1, -0.05) is 42.2 Å². The van der Waals surface area contributed by atoms with Gasteiger partial charge in [0.25, 0.3) is 0 Å². The zero-order chi connectivity index (χ0) is 15.5. The average molecular weight is 307 g/mol. The first kappa shape index (κ1) is 14.6. The fourth-order valence-corrected chi connectivity index (χ4v) is 3.33. The third-order valence-corrected chi connectivity index (χ3v) is 4.34. The van der Waals surface area contributed by atoms with E-state index in [0.29, 0.717) is 5.82 Å². The van der Waals surface area contributed by atoms with E-state index in [1.807, 2.05) is 37.2 Å². The molecular formula is C18H17N3S. The van der Waals surface area contributed by atoms with Crippen LogP contribution >= 0.6 is 11.3 Å². The van der Waals surface area contributed by atoms with Crippen LogP contribution in [-0.4, -0.2) is 30.5 Å². The van der Waals surface area contributed by atoms with Crippen LogP contribution < -0.4 is 5.73 Å². The van der Waals surface area contributed by atoms with Crippen LogP contribution in [0.4, 0.5) is 5.82 Å². The van der Waals surface area contributed by atoms with Gasteiger partial charge in [-0.2, -0.15) is 0 Å². The van der Waals surface area contributed by atoms with Gasteiger partial charge >= 0.3 is 0 Å². The molecule has 2 aromatic heterocycles. The zero-order valence-corrected chi connectivity index (χ0v) is 13.4. The summed E-state index contributed by atoms with van der Waals surface area (Å²) in [6.45, 7) is 0.725. The average Bonchev–Trinajstić information content (AvgIpc) is 2.96. The normalized spacial score (nSPS) is 10.7. The molecule has 0 aliphatic heterocycles. The second kappa shape index (κ2) is 6.18. The summed E-state index contributed by atoms with van der Waals surface area (Å²) >= 11 is 1.67. The smallest absolute Gasteiger partial charge is 0.132 e. The molecule has 2 N–H and O–H groups in total. The number of benzene rings is 1. The molecule has 0 fully saturated rings. The molecule has 0 saturated carbocycles. The summed E-state index contributed by atoms with van der Waals surface area (Å²) in [5.74, 6) is 6.94. The molecule has 1 aromatic carbocycles. The van der Waals surface area contributed by atoms with Crippen molar-refractivity contribution in [3.8, 4) is 23.0 Å². The fraction of sp³-hybridized carbons (Fsp3) is 0.167. The molecular weight excluding hydrogens is 290 g/mol. The Bertz CT molecular complexity index is 854. The maximum atomic E-state index is 6.12. The van der Waals surface area contributed by atoms with Crippen LogP contribution in [-0.2, 0) is 0 Å². The minimum atomic E-state index is 0.563. The number of nitrogens with two attached hydrogens (primary N) is 1. The van der Waals surface area contributed by atoms with Crippen molar-refractivity contribution in [3.63, 3.8) is 0 Å². The molecule has 0 radical (unpaired) electrons. The predicted molar refractivity (Wildman–Crippen MR) is 94.9 cm³/mol. The number of aromatic nitrogens is 1. The molecule has 4 heteroatoms. The Balaban J connectivity index is 2.13. The molecule has 0 unspecified atom stereocenters. The van der Waals surface area contributed by atoms with Crippen molar-refractivity contribution in [2.45, 2.75) is 0 Å². The van der Waals surface area contributed by atoms with Gasteiger partial charge in [-0.15, -0.1) is 11.3 Å². The van der Waals surface area contributed by atoms with Gasteiger partial charge < -0.3 is 5.73 Å². The molecule has 3 nitrogen and oxygen atoms in total. The Labute approximate surface area is 134 Å². The number of hydrogen-bond acceptors (Lipinski definition) is 4. The van der Waals surface area contributed by atoms with Crippen LogP contribution in [0.15, 0.2) is 41.9 Å². The summed E-state index contributed by atoms with van der Waals surface area (Å²) in [5.41, 5.74) is 9.35. The first-order valence-electron chi connectivity index (χ1n) is 7.01. The third kappa shape index (κ3) is 2.82. The number of anilines is 1. The van der Waals surface area contributed by atoms with Crippen LogP contribution in [0, 0.1) is 11.8 Å². The number of rotatable bonds is 2. The number of fused-ring (bicyclic) bond motifs is 1. The van der Waals surface area contributed by atoms with E-state index in [4.69, 9.17) is 5.73 Å². The highest BCUT2D eigenvalue weighted by Crippen LogP contribution is 2.38. The van der Waals surface area contributed by atoms with Gasteiger partial charge in [0.1, 0.15) is 5.82 Å². The number of nitrogen functional groups attached to an aromatic ring is 1. The zero-order valence-electron chi connectivity index (χ0n) is 12.6. The summed E-state index contributed by atoms with van der Waals surface area (Å²) in [5, 5.41) is 3.14. The van der Waals surface area contributed by atoms with E-state index in [1.165, 1.54) is 0 Å². The van der Waals surface area contributed by atoms with Crippen LogP contribution in [0.5, 0.6) is 0 Å². The Morgan fingerprint density at radius 2 is 2.00 bits per heavy atom. The lowest BCUT2D eigenvalue weighted by Crippen LogP contribution is -2.10. The standard InChI is InChI=1S/C18H17N3S/c1-21(2)10-6-9-14-11-20-18(19)16-15(12-22-17(14)16)13-7-4-3-5-8-13/h3-5,7-8,11-12H,10H2,1-2H3,(H2,19,20). The maximum absolute atomic E-state index is 6.12. The summed E-state index contributed by atoms with van der Waals surface area (Å²) in [7, 11) is 4.01. The van der Waals surface area contributed by atoms with Crippen molar-refractivity contribution in [1.82, 2.24) is 9.88 Å². The monoisotopic (exact) mass is 307 g/mol. The maximum Gasteiger partial charge on any atom is 0.132 e. The molecule has 0 aliphatic rings. The van der Waals surface area contributed by atoms with E-state index >= 15 is 0 Å². The molecule has 3 aromatic rings. The van der Waals surface area contributed by atoms with Crippen LogP contribution in [0.25, 0.3) is 21.2 Å². The second-order valence-corrected chi connectivity index (χ2v) is 6.20. The predicted octanol–water partition coefficient (Wildman–Crippen LogP) is 3.46. The molecule has 0 bridgehead atoms. The van der Waals surface area contributed by atoms with Gasteiger partial charge in [0.15, 0.2) is 0 Å².